The molecule has 0 spiro atoms. The second-order valence-electron chi connectivity index (χ2n) is 5.18. The molecule has 0 aromatic carbocycles. The largest absolute Gasteiger partial charge is 0.393 e. The molecule has 2 N–H and O–H groups in total. The quantitative estimate of drug-likeness (QED) is 0.735. The fourth-order valence-corrected chi connectivity index (χ4v) is 2.51. The van der Waals surface area contributed by atoms with Crippen molar-refractivity contribution in [2.24, 2.45) is 11.8 Å². The summed E-state index contributed by atoms with van der Waals surface area (Å²) in [6.07, 6.45) is 5.71. The molecule has 0 aromatic heterocycles. The lowest BCUT2D eigenvalue weighted by Crippen LogP contribution is -2.41. The van der Waals surface area contributed by atoms with Crippen LogP contribution in [0.5, 0.6) is 0 Å². The molecule has 0 bridgehead atoms. The number of rotatable bonds is 5. The summed E-state index contributed by atoms with van der Waals surface area (Å²) in [4.78, 5) is 0. The molecular weight excluding hydrogens is 186 g/mol. The van der Waals surface area contributed by atoms with Gasteiger partial charge in [0, 0.05) is 6.04 Å². The van der Waals surface area contributed by atoms with Crippen LogP contribution in [0.3, 0.4) is 0 Å². The molecule has 0 aliphatic heterocycles. The van der Waals surface area contributed by atoms with Crippen LogP contribution in [-0.4, -0.2) is 23.8 Å². The monoisotopic (exact) mass is 213 g/mol. The maximum Gasteiger partial charge on any atom is 0.0549 e. The second kappa shape index (κ2) is 6.49. The Labute approximate surface area is 94.5 Å². The van der Waals surface area contributed by atoms with Crippen molar-refractivity contribution in [1.82, 2.24) is 5.32 Å². The Morgan fingerprint density at radius 2 is 2.07 bits per heavy atom. The summed E-state index contributed by atoms with van der Waals surface area (Å²) in [7, 11) is 0. The van der Waals surface area contributed by atoms with Gasteiger partial charge in [-0.2, -0.15) is 0 Å². The standard InChI is InChI=1S/C13H27NO/c1-4-12(15)8-9-14-13-7-5-6-10(2)11(13)3/h10-15H,4-9H2,1-3H3. The molecule has 2 nitrogen and oxygen atoms in total. The fourth-order valence-electron chi connectivity index (χ4n) is 2.51. The average Bonchev–Trinajstić information content (AvgIpc) is 2.24. The van der Waals surface area contributed by atoms with E-state index in [2.05, 4.69) is 19.2 Å². The summed E-state index contributed by atoms with van der Waals surface area (Å²) < 4.78 is 0. The van der Waals surface area contributed by atoms with E-state index in [0.29, 0.717) is 6.04 Å². The maximum atomic E-state index is 9.47. The molecule has 1 fully saturated rings. The highest BCUT2D eigenvalue weighted by Gasteiger charge is 2.26. The van der Waals surface area contributed by atoms with Gasteiger partial charge in [-0.05, 0) is 37.6 Å². The molecule has 2 heteroatoms. The van der Waals surface area contributed by atoms with Crippen molar-refractivity contribution < 1.29 is 5.11 Å². The van der Waals surface area contributed by atoms with Crippen molar-refractivity contribution in [3.63, 3.8) is 0 Å². The Balaban J connectivity index is 2.19. The van der Waals surface area contributed by atoms with Crippen molar-refractivity contribution >= 4 is 0 Å². The van der Waals surface area contributed by atoms with Crippen LogP contribution in [0, 0.1) is 11.8 Å². The number of hydrogen-bond donors (Lipinski definition) is 2. The molecule has 1 saturated carbocycles. The van der Waals surface area contributed by atoms with Crippen LogP contribution in [0.25, 0.3) is 0 Å². The zero-order valence-electron chi connectivity index (χ0n) is 10.5. The van der Waals surface area contributed by atoms with Crippen LogP contribution in [0.1, 0.15) is 52.9 Å². The molecule has 90 valence electrons. The van der Waals surface area contributed by atoms with Gasteiger partial charge in [0.2, 0.25) is 0 Å². The van der Waals surface area contributed by atoms with Gasteiger partial charge in [0.25, 0.3) is 0 Å². The van der Waals surface area contributed by atoms with Crippen LogP contribution < -0.4 is 5.32 Å². The zero-order valence-corrected chi connectivity index (χ0v) is 10.5. The van der Waals surface area contributed by atoms with Crippen molar-refractivity contribution in [1.29, 1.82) is 0 Å². The Kier molecular flexibility index (Phi) is 5.62. The molecule has 4 unspecified atom stereocenters. The second-order valence-corrected chi connectivity index (χ2v) is 5.18. The minimum absolute atomic E-state index is 0.117. The van der Waals surface area contributed by atoms with E-state index >= 15 is 0 Å². The highest BCUT2D eigenvalue weighted by molar-refractivity contribution is 4.82. The van der Waals surface area contributed by atoms with Crippen LogP contribution in [0.4, 0.5) is 0 Å². The first-order chi connectivity index (χ1) is 7.15. The minimum atomic E-state index is -0.117. The summed E-state index contributed by atoms with van der Waals surface area (Å²) in [6, 6.07) is 0.679. The van der Waals surface area contributed by atoms with Crippen molar-refractivity contribution in [2.75, 3.05) is 6.54 Å². The van der Waals surface area contributed by atoms with Crippen LogP contribution in [0.2, 0.25) is 0 Å². The van der Waals surface area contributed by atoms with Crippen LogP contribution in [-0.2, 0) is 0 Å². The van der Waals surface area contributed by atoms with E-state index in [0.717, 1.165) is 31.2 Å². The van der Waals surface area contributed by atoms with Crippen molar-refractivity contribution in [3.05, 3.63) is 0 Å². The van der Waals surface area contributed by atoms with Gasteiger partial charge in [0.05, 0.1) is 6.10 Å². The molecule has 1 rings (SSSR count). The highest BCUT2D eigenvalue weighted by atomic mass is 16.3. The fraction of sp³-hybridized carbons (Fsp3) is 1.00. The first-order valence-corrected chi connectivity index (χ1v) is 6.56. The third kappa shape index (κ3) is 4.12. The van der Waals surface area contributed by atoms with Crippen LogP contribution in [0.15, 0.2) is 0 Å². The summed E-state index contributed by atoms with van der Waals surface area (Å²) in [5.41, 5.74) is 0. The molecule has 1 aliphatic rings. The molecule has 0 heterocycles. The lowest BCUT2D eigenvalue weighted by Gasteiger charge is -2.35. The van der Waals surface area contributed by atoms with E-state index < -0.39 is 0 Å². The predicted octanol–water partition coefficient (Wildman–Crippen LogP) is 2.56. The Bertz CT molecular complexity index is 172. The van der Waals surface area contributed by atoms with Gasteiger partial charge in [0.1, 0.15) is 0 Å². The Hall–Kier alpha value is -0.0800. The Morgan fingerprint density at radius 1 is 1.33 bits per heavy atom. The van der Waals surface area contributed by atoms with Gasteiger partial charge in [-0.3, -0.25) is 0 Å². The van der Waals surface area contributed by atoms with Gasteiger partial charge in [0.15, 0.2) is 0 Å². The topological polar surface area (TPSA) is 32.3 Å². The third-order valence-corrected chi connectivity index (χ3v) is 4.06. The summed E-state index contributed by atoms with van der Waals surface area (Å²) in [5, 5.41) is 13.1. The maximum absolute atomic E-state index is 9.47. The molecular formula is C13H27NO. The van der Waals surface area contributed by atoms with Gasteiger partial charge in [-0.1, -0.05) is 33.6 Å². The number of nitrogens with one attached hydrogen (secondary N) is 1. The SMILES string of the molecule is CCC(O)CCNC1CCCC(C)C1C. The number of aliphatic hydroxyl groups excluding tert-OH is 1. The lowest BCUT2D eigenvalue weighted by atomic mass is 9.78. The van der Waals surface area contributed by atoms with Gasteiger partial charge >= 0.3 is 0 Å². The van der Waals surface area contributed by atoms with E-state index in [1.165, 1.54) is 19.3 Å². The number of aliphatic hydroxyl groups is 1. The molecule has 0 aromatic rings. The van der Waals surface area contributed by atoms with Crippen molar-refractivity contribution in [3.8, 4) is 0 Å². The molecule has 1 aliphatic carbocycles. The first-order valence-electron chi connectivity index (χ1n) is 6.56. The Morgan fingerprint density at radius 3 is 2.73 bits per heavy atom. The van der Waals surface area contributed by atoms with E-state index in [1.54, 1.807) is 0 Å². The highest BCUT2D eigenvalue weighted by Crippen LogP contribution is 2.29. The number of hydrogen-bond acceptors (Lipinski definition) is 2. The van der Waals surface area contributed by atoms with E-state index in [1.807, 2.05) is 6.92 Å². The summed E-state index contributed by atoms with van der Waals surface area (Å²) in [5.74, 6) is 1.64. The molecule has 0 saturated heterocycles. The van der Waals surface area contributed by atoms with Crippen LogP contribution >= 0.6 is 0 Å². The average molecular weight is 213 g/mol. The van der Waals surface area contributed by atoms with E-state index in [-0.39, 0.29) is 6.10 Å². The van der Waals surface area contributed by atoms with Gasteiger partial charge < -0.3 is 10.4 Å². The van der Waals surface area contributed by atoms with Crippen molar-refractivity contribution in [2.45, 2.75) is 65.0 Å². The van der Waals surface area contributed by atoms with E-state index in [4.69, 9.17) is 0 Å². The molecule has 4 atom stereocenters. The molecule has 0 radical (unpaired) electrons. The normalized spacial score (nSPS) is 34.0. The zero-order chi connectivity index (χ0) is 11.3. The predicted molar refractivity (Wildman–Crippen MR) is 64.9 cm³/mol. The third-order valence-electron chi connectivity index (χ3n) is 4.06. The first kappa shape index (κ1) is 13.0. The van der Waals surface area contributed by atoms with Gasteiger partial charge in [-0.25, -0.2) is 0 Å². The van der Waals surface area contributed by atoms with E-state index in [9.17, 15) is 5.11 Å². The lowest BCUT2D eigenvalue weighted by molar-refractivity contribution is 0.150. The molecule has 0 amide bonds. The molecule has 15 heavy (non-hydrogen) atoms. The van der Waals surface area contributed by atoms with Gasteiger partial charge in [-0.15, -0.1) is 0 Å². The minimum Gasteiger partial charge on any atom is -0.393 e. The smallest absolute Gasteiger partial charge is 0.0549 e. The summed E-state index contributed by atoms with van der Waals surface area (Å²) in [6.45, 7) is 7.73. The summed E-state index contributed by atoms with van der Waals surface area (Å²) >= 11 is 0.